The van der Waals surface area contributed by atoms with Crippen LogP contribution < -0.4 is 0 Å². The van der Waals surface area contributed by atoms with Crippen LogP contribution in [0.25, 0.3) is 0 Å². The molecule has 3 atom stereocenters. The van der Waals surface area contributed by atoms with Crippen molar-refractivity contribution in [2.75, 3.05) is 5.75 Å². The van der Waals surface area contributed by atoms with Gasteiger partial charge in [-0.15, -0.1) is 3.71 Å². The standard InChI is InChI=1S/C11H14Cl2F3NO2S2/c1-8(2)6-3-4-9(8)5-21(18,19)17(20-11(14,15)16)7(9)10(6,12)13/h6-7H,3-5H2,1-2H3/t6-,7-,9+/m0/s1. The fourth-order valence-corrected chi connectivity index (χ4v) is 9.89. The largest absolute Gasteiger partial charge is 0.457 e. The molecule has 1 spiro atoms. The van der Waals surface area contributed by atoms with Crippen LogP contribution in [-0.2, 0) is 10.0 Å². The van der Waals surface area contributed by atoms with E-state index in [1.165, 1.54) is 0 Å². The Balaban J connectivity index is 2.14. The lowest BCUT2D eigenvalue weighted by atomic mass is 9.69. The highest BCUT2D eigenvalue weighted by atomic mass is 35.5. The van der Waals surface area contributed by atoms with Gasteiger partial charge in [0.2, 0.25) is 10.0 Å². The van der Waals surface area contributed by atoms with Crippen LogP contribution in [-0.4, -0.2) is 33.8 Å². The third-order valence-corrected chi connectivity index (χ3v) is 9.59. The predicted octanol–water partition coefficient (Wildman–Crippen LogP) is 3.78. The van der Waals surface area contributed by atoms with Crippen LogP contribution >= 0.6 is 35.1 Å². The van der Waals surface area contributed by atoms with Crippen LogP contribution in [0.1, 0.15) is 26.7 Å². The molecule has 3 nitrogen and oxygen atoms in total. The molecule has 0 N–H and O–H groups in total. The van der Waals surface area contributed by atoms with Crippen molar-refractivity contribution in [2.45, 2.75) is 42.6 Å². The Morgan fingerprint density at radius 1 is 1.29 bits per heavy atom. The number of rotatable bonds is 1. The predicted molar refractivity (Wildman–Crippen MR) is 76.4 cm³/mol. The first-order valence-corrected chi connectivity index (χ1v) is 9.55. The van der Waals surface area contributed by atoms with Crippen molar-refractivity contribution in [3.63, 3.8) is 0 Å². The first kappa shape index (κ1) is 16.5. The molecule has 0 unspecified atom stereocenters. The minimum absolute atomic E-state index is 0.217. The van der Waals surface area contributed by atoms with Gasteiger partial charge in [0.25, 0.3) is 0 Å². The van der Waals surface area contributed by atoms with Gasteiger partial charge in [0.15, 0.2) is 0 Å². The van der Waals surface area contributed by atoms with Crippen LogP contribution in [0.15, 0.2) is 0 Å². The SMILES string of the molecule is CC1(C)[C@@H]2CC[C@]13CS(=O)(=O)N(SC(F)(F)F)[C@@H]3C2(Cl)Cl. The van der Waals surface area contributed by atoms with Crippen molar-refractivity contribution >= 4 is 45.2 Å². The van der Waals surface area contributed by atoms with E-state index < -0.39 is 48.7 Å². The molecule has 3 aliphatic rings. The van der Waals surface area contributed by atoms with Crippen molar-refractivity contribution in [1.29, 1.82) is 0 Å². The molecule has 2 aliphatic carbocycles. The lowest BCUT2D eigenvalue weighted by molar-refractivity contribution is -0.0360. The molecular weight excluding hydrogens is 370 g/mol. The Hall–Kier alpha value is 0.630. The Morgan fingerprint density at radius 2 is 1.86 bits per heavy atom. The summed E-state index contributed by atoms with van der Waals surface area (Å²) in [6.07, 6.45) is 1.17. The summed E-state index contributed by atoms with van der Waals surface area (Å²) in [5, 5.41) is 0. The van der Waals surface area contributed by atoms with Gasteiger partial charge in [0, 0.05) is 17.4 Å². The number of alkyl halides is 5. The summed E-state index contributed by atoms with van der Waals surface area (Å²) in [5.41, 5.74) is -6.04. The lowest BCUT2D eigenvalue weighted by Crippen LogP contribution is -2.48. The molecule has 0 aromatic rings. The van der Waals surface area contributed by atoms with Crippen molar-refractivity contribution in [2.24, 2.45) is 16.7 Å². The highest BCUT2D eigenvalue weighted by molar-refractivity contribution is 8.09. The van der Waals surface area contributed by atoms with E-state index in [9.17, 15) is 21.6 Å². The van der Waals surface area contributed by atoms with Gasteiger partial charge >= 0.3 is 5.51 Å². The van der Waals surface area contributed by atoms with Gasteiger partial charge in [-0.25, -0.2) is 8.42 Å². The Kier molecular flexibility index (Phi) is 3.28. The Labute approximate surface area is 135 Å². The second kappa shape index (κ2) is 4.18. The zero-order chi connectivity index (χ0) is 16.1. The average molecular weight is 384 g/mol. The maximum absolute atomic E-state index is 12.8. The highest BCUT2D eigenvalue weighted by Gasteiger charge is 2.80. The molecule has 1 saturated heterocycles. The van der Waals surface area contributed by atoms with E-state index in [0.717, 1.165) is 0 Å². The summed E-state index contributed by atoms with van der Waals surface area (Å²) in [6.45, 7) is 3.73. The zero-order valence-corrected chi connectivity index (χ0v) is 14.4. The molecule has 0 aromatic carbocycles. The summed E-state index contributed by atoms with van der Waals surface area (Å²) in [6, 6.07) is -1.04. The van der Waals surface area contributed by atoms with E-state index in [1.807, 2.05) is 13.8 Å². The van der Waals surface area contributed by atoms with Gasteiger partial charge in [-0.1, -0.05) is 37.0 Å². The molecule has 1 heterocycles. The molecule has 0 radical (unpaired) electrons. The molecule has 0 amide bonds. The monoisotopic (exact) mass is 383 g/mol. The number of hydrogen-bond donors (Lipinski definition) is 0. The summed E-state index contributed by atoms with van der Waals surface area (Å²) < 4.78 is 61.8. The van der Waals surface area contributed by atoms with E-state index in [0.29, 0.717) is 16.6 Å². The molecule has 0 aromatic heterocycles. The van der Waals surface area contributed by atoms with Crippen LogP contribution in [0.4, 0.5) is 13.2 Å². The van der Waals surface area contributed by atoms with E-state index in [4.69, 9.17) is 23.2 Å². The molecule has 2 bridgehead atoms. The molecule has 3 fully saturated rings. The third kappa shape index (κ3) is 1.95. The van der Waals surface area contributed by atoms with E-state index in [1.54, 1.807) is 0 Å². The number of fused-ring (bicyclic) bond motifs is 1. The summed E-state index contributed by atoms with van der Waals surface area (Å²) >= 11 is 12.1. The molecule has 10 heteroatoms. The minimum atomic E-state index is -4.70. The molecular formula is C11H14Cl2F3NO2S2. The lowest BCUT2D eigenvalue weighted by Gasteiger charge is -2.39. The molecule has 122 valence electrons. The number of halogens is 5. The molecule has 2 saturated carbocycles. The fourth-order valence-electron chi connectivity index (χ4n) is 4.59. The van der Waals surface area contributed by atoms with Gasteiger partial charge in [-0.3, -0.25) is 0 Å². The first-order chi connectivity index (χ1) is 9.26. The van der Waals surface area contributed by atoms with E-state index in [2.05, 4.69) is 0 Å². The van der Waals surface area contributed by atoms with Crippen molar-refractivity contribution in [3.8, 4) is 0 Å². The molecule has 21 heavy (non-hydrogen) atoms. The normalized spacial score (nSPS) is 43.2. The summed E-state index contributed by atoms with van der Waals surface area (Å²) in [5.74, 6) is -0.538. The summed E-state index contributed by atoms with van der Waals surface area (Å²) in [7, 11) is -4.06. The van der Waals surface area contributed by atoms with E-state index in [-0.39, 0.29) is 11.7 Å². The quantitative estimate of drug-likeness (QED) is 0.510. The maximum Gasteiger partial charge on any atom is 0.457 e. The van der Waals surface area contributed by atoms with E-state index >= 15 is 0 Å². The smallest absolute Gasteiger partial charge is 0.211 e. The highest BCUT2D eigenvalue weighted by Crippen LogP contribution is 2.76. The fraction of sp³-hybridized carbons (Fsp3) is 1.00. The van der Waals surface area contributed by atoms with Gasteiger partial charge in [-0.05, 0) is 24.2 Å². The van der Waals surface area contributed by atoms with Crippen LogP contribution in [0.3, 0.4) is 0 Å². The summed E-state index contributed by atoms with van der Waals surface area (Å²) in [4.78, 5) is 0. The zero-order valence-electron chi connectivity index (χ0n) is 11.2. The first-order valence-electron chi connectivity index (χ1n) is 6.41. The maximum atomic E-state index is 12.8. The number of sulfonamides is 1. The van der Waals surface area contributed by atoms with Gasteiger partial charge in [0.05, 0.1) is 11.8 Å². The van der Waals surface area contributed by atoms with Crippen LogP contribution in [0.5, 0.6) is 0 Å². The number of nitrogens with zero attached hydrogens (tertiary/aromatic N) is 1. The van der Waals surface area contributed by atoms with Crippen LogP contribution in [0, 0.1) is 16.7 Å². The second-order valence-corrected chi connectivity index (χ2v) is 11.2. The van der Waals surface area contributed by atoms with Crippen LogP contribution in [0.2, 0.25) is 0 Å². The van der Waals surface area contributed by atoms with Crippen molar-refractivity contribution in [3.05, 3.63) is 0 Å². The van der Waals surface area contributed by atoms with Gasteiger partial charge < -0.3 is 0 Å². The number of hydrogen-bond acceptors (Lipinski definition) is 3. The topological polar surface area (TPSA) is 37.4 Å². The second-order valence-electron chi connectivity index (χ2n) is 6.59. The van der Waals surface area contributed by atoms with Gasteiger partial charge in [-0.2, -0.15) is 13.2 Å². The third-order valence-electron chi connectivity index (χ3n) is 5.50. The Morgan fingerprint density at radius 3 is 2.38 bits per heavy atom. The van der Waals surface area contributed by atoms with Crippen molar-refractivity contribution in [1.82, 2.24) is 3.71 Å². The van der Waals surface area contributed by atoms with Crippen molar-refractivity contribution < 1.29 is 21.6 Å². The molecule has 1 aliphatic heterocycles. The Bertz CT molecular complexity index is 593. The average Bonchev–Trinajstić information content (AvgIpc) is 2.64. The van der Waals surface area contributed by atoms with Gasteiger partial charge in [0.1, 0.15) is 4.33 Å². The minimum Gasteiger partial charge on any atom is -0.211 e. The molecule has 3 rings (SSSR count).